The van der Waals surface area contributed by atoms with Gasteiger partial charge in [-0.15, -0.1) is 12.4 Å². The van der Waals surface area contributed by atoms with Crippen molar-refractivity contribution in [1.82, 2.24) is 5.32 Å². The van der Waals surface area contributed by atoms with Crippen LogP contribution in [0.4, 0.5) is 0 Å². The molecular weight excluding hydrogens is 347 g/mol. The first-order valence-electron chi connectivity index (χ1n) is 7.55. The highest BCUT2D eigenvalue weighted by Gasteiger charge is 2.19. The number of halogens is 2. The molecule has 6 heteroatoms. The van der Waals surface area contributed by atoms with Gasteiger partial charge in [-0.25, -0.2) is 0 Å². The molecule has 0 aromatic heterocycles. The van der Waals surface area contributed by atoms with E-state index in [-0.39, 0.29) is 24.4 Å². The van der Waals surface area contributed by atoms with Crippen molar-refractivity contribution in [2.75, 3.05) is 6.61 Å². The lowest BCUT2D eigenvalue weighted by Crippen LogP contribution is -2.40. The molecule has 130 valence electrons. The molecular formula is C18H22Cl2N2O2. The minimum absolute atomic E-state index is 0. The van der Waals surface area contributed by atoms with Crippen molar-refractivity contribution < 1.29 is 9.53 Å². The molecule has 1 amide bonds. The Bertz CT molecular complexity index is 660. The first-order chi connectivity index (χ1) is 11.0. The van der Waals surface area contributed by atoms with E-state index in [2.05, 4.69) is 5.32 Å². The van der Waals surface area contributed by atoms with Crippen LogP contribution in [-0.4, -0.2) is 18.6 Å². The van der Waals surface area contributed by atoms with Crippen molar-refractivity contribution in [1.29, 1.82) is 0 Å². The van der Waals surface area contributed by atoms with Crippen molar-refractivity contribution in [3.05, 3.63) is 64.7 Å². The molecule has 0 bridgehead atoms. The van der Waals surface area contributed by atoms with E-state index in [1.165, 1.54) is 0 Å². The fourth-order valence-electron chi connectivity index (χ4n) is 2.24. The van der Waals surface area contributed by atoms with Crippen LogP contribution < -0.4 is 15.8 Å². The molecule has 2 aromatic carbocycles. The van der Waals surface area contributed by atoms with Gasteiger partial charge in [-0.3, -0.25) is 4.79 Å². The van der Waals surface area contributed by atoms with Gasteiger partial charge in [0.15, 0.2) is 0 Å². The smallest absolute Gasteiger partial charge is 0.237 e. The van der Waals surface area contributed by atoms with Gasteiger partial charge in [0.2, 0.25) is 5.91 Å². The van der Waals surface area contributed by atoms with Gasteiger partial charge in [-0.2, -0.15) is 0 Å². The Kier molecular flexibility index (Phi) is 8.05. The van der Waals surface area contributed by atoms with Crippen LogP contribution in [0, 0.1) is 0 Å². The second-order valence-corrected chi connectivity index (χ2v) is 5.72. The normalized spacial score (nSPS) is 12.7. The average molecular weight is 369 g/mol. The maximum absolute atomic E-state index is 12.1. The Balaban J connectivity index is 0.00000288. The predicted molar refractivity (Wildman–Crippen MR) is 99.9 cm³/mol. The quantitative estimate of drug-likeness (QED) is 0.816. The highest BCUT2D eigenvalue weighted by atomic mass is 35.5. The number of hydrogen-bond donors (Lipinski definition) is 2. The summed E-state index contributed by atoms with van der Waals surface area (Å²) in [5.41, 5.74) is 7.51. The molecule has 0 saturated carbocycles. The Morgan fingerprint density at radius 2 is 1.88 bits per heavy atom. The summed E-state index contributed by atoms with van der Waals surface area (Å²) in [7, 11) is 0. The van der Waals surface area contributed by atoms with Gasteiger partial charge in [0, 0.05) is 5.02 Å². The molecule has 2 aromatic rings. The van der Waals surface area contributed by atoms with E-state index in [1.807, 2.05) is 49.4 Å². The molecule has 0 aliphatic carbocycles. The van der Waals surface area contributed by atoms with Crippen LogP contribution in [0.3, 0.4) is 0 Å². The van der Waals surface area contributed by atoms with Crippen LogP contribution in [0.2, 0.25) is 5.02 Å². The number of benzene rings is 2. The lowest BCUT2D eigenvalue weighted by atomic mass is 9.98. The van der Waals surface area contributed by atoms with E-state index in [0.29, 0.717) is 11.6 Å². The third-order valence-corrected chi connectivity index (χ3v) is 3.64. The van der Waals surface area contributed by atoms with Gasteiger partial charge < -0.3 is 15.8 Å². The number of carbonyl (C=O) groups is 1. The minimum atomic E-state index is -0.584. The zero-order valence-electron chi connectivity index (χ0n) is 13.7. The summed E-state index contributed by atoms with van der Waals surface area (Å²) in [6.45, 7) is 4.20. The molecule has 0 aliphatic rings. The summed E-state index contributed by atoms with van der Waals surface area (Å²) >= 11 is 6.08. The maximum atomic E-state index is 12.1. The Morgan fingerprint density at radius 1 is 1.21 bits per heavy atom. The van der Waals surface area contributed by atoms with Crippen LogP contribution in [0.25, 0.3) is 0 Å². The number of rotatable bonds is 6. The summed E-state index contributed by atoms with van der Waals surface area (Å²) in [4.78, 5) is 12.1. The number of nitrogens with two attached hydrogens (primary N) is 1. The Labute approximate surface area is 153 Å². The fourth-order valence-corrected chi connectivity index (χ4v) is 2.44. The molecule has 24 heavy (non-hydrogen) atoms. The zero-order chi connectivity index (χ0) is 16.8. The molecule has 2 rings (SSSR count). The van der Waals surface area contributed by atoms with Crippen molar-refractivity contribution in [2.24, 2.45) is 5.73 Å². The summed E-state index contributed by atoms with van der Waals surface area (Å²) in [6.07, 6.45) is 0. The zero-order valence-corrected chi connectivity index (χ0v) is 15.2. The molecule has 3 N–H and O–H groups in total. The molecule has 2 unspecified atom stereocenters. The Hall–Kier alpha value is -1.75. The van der Waals surface area contributed by atoms with E-state index < -0.39 is 6.04 Å². The third kappa shape index (κ3) is 5.41. The van der Waals surface area contributed by atoms with E-state index in [0.717, 1.165) is 16.9 Å². The van der Waals surface area contributed by atoms with Crippen molar-refractivity contribution in [3.8, 4) is 5.75 Å². The molecule has 0 fully saturated rings. The Morgan fingerprint density at radius 3 is 2.42 bits per heavy atom. The van der Waals surface area contributed by atoms with Crippen LogP contribution in [-0.2, 0) is 4.79 Å². The van der Waals surface area contributed by atoms with Crippen molar-refractivity contribution in [3.63, 3.8) is 0 Å². The van der Waals surface area contributed by atoms with Gasteiger partial charge in [0.1, 0.15) is 5.75 Å². The second-order valence-electron chi connectivity index (χ2n) is 5.29. The van der Waals surface area contributed by atoms with Gasteiger partial charge in [0.05, 0.1) is 18.7 Å². The number of nitrogens with one attached hydrogen (secondary N) is 1. The molecule has 0 heterocycles. The van der Waals surface area contributed by atoms with Gasteiger partial charge >= 0.3 is 0 Å². The first-order valence-corrected chi connectivity index (χ1v) is 7.93. The topological polar surface area (TPSA) is 64.3 Å². The maximum Gasteiger partial charge on any atom is 0.237 e. The van der Waals surface area contributed by atoms with Crippen molar-refractivity contribution in [2.45, 2.75) is 25.9 Å². The fraction of sp³-hybridized carbons (Fsp3) is 0.278. The minimum Gasteiger partial charge on any atom is -0.494 e. The van der Waals surface area contributed by atoms with Crippen molar-refractivity contribution >= 4 is 29.9 Å². The van der Waals surface area contributed by atoms with Gasteiger partial charge in [-0.05, 0) is 49.2 Å². The van der Waals surface area contributed by atoms with E-state index >= 15 is 0 Å². The monoisotopic (exact) mass is 368 g/mol. The SMILES string of the molecule is CCOc1ccc(C(NC(=O)C(C)N)c2cccc(Cl)c2)cc1.Cl. The molecule has 0 saturated heterocycles. The summed E-state index contributed by atoms with van der Waals surface area (Å²) < 4.78 is 5.46. The summed E-state index contributed by atoms with van der Waals surface area (Å²) in [6, 6.07) is 14.1. The second kappa shape index (κ2) is 9.52. The van der Waals surface area contributed by atoms with Crippen LogP contribution in [0.1, 0.15) is 31.0 Å². The molecule has 0 spiro atoms. The highest BCUT2D eigenvalue weighted by Crippen LogP contribution is 2.26. The largest absolute Gasteiger partial charge is 0.494 e. The third-order valence-electron chi connectivity index (χ3n) is 3.41. The van der Waals surface area contributed by atoms with Crippen LogP contribution in [0.5, 0.6) is 5.75 Å². The van der Waals surface area contributed by atoms with Gasteiger partial charge in [-0.1, -0.05) is 35.9 Å². The average Bonchev–Trinajstić information content (AvgIpc) is 2.53. The molecule has 2 atom stereocenters. The highest BCUT2D eigenvalue weighted by molar-refractivity contribution is 6.30. The van der Waals surface area contributed by atoms with E-state index in [1.54, 1.807) is 13.0 Å². The van der Waals surface area contributed by atoms with E-state index in [9.17, 15) is 4.79 Å². The van der Waals surface area contributed by atoms with Crippen LogP contribution >= 0.6 is 24.0 Å². The molecule has 0 radical (unpaired) electrons. The predicted octanol–water partition coefficient (Wildman–Crippen LogP) is 3.71. The molecule has 0 aliphatic heterocycles. The van der Waals surface area contributed by atoms with E-state index in [4.69, 9.17) is 22.1 Å². The lowest BCUT2D eigenvalue weighted by Gasteiger charge is -2.21. The lowest BCUT2D eigenvalue weighted by molar-refractivity contribution is -0.122. The standard InChI is InChI=1S/C18H21ClN2O2.ClH/c1-3-23-16-9-7-13(8-10-16)17(21-18(22)12(2)20)14-5-4-6-15(19)11-14;/h4-12,17H,3,20H2,1-2H3,(H,21,22);1H. The van der Waals surface area contributed by atoms with Gasteiger partial charge in [0.25, 0.3) is 0 Å². The summed E-state index contributed by atoms with van der Waals surface area (Å²) in [5.74, 6) is 0.573. The number of amides is 1. The first kappa shape index (κ1) is 20.3. The number of ether oxygens (including phenoxy) is 1. The number of hydrogen-bond acceptors (Lipinski definition) is 3. The number of carbonyl (C=O) groups excluding carboxylic acids is 1. The summed E-state index contributed by atoms with van der Waals surface area (Å²) in [5, 5.41) is 3.58. The molecule has 4 nitrogen and oxygen atoms in total. The van der Waals surface area contributed by atoms with Crippen LogP contribution in [0.15, 0.2) is 48.5 Å².